The highest BCUT2D eigenvalue weighted by Crippen LogP contribution is 2.31. The number of carbonyl (C=O) groups excluding carboxylic acids is 1. The van der Waals surface area contributed by atoms with Crippen molar-refractivity contribution in [2.24, 2.45) is 5.73 Å². The van der Waals surface area contributed by atoms with E-state index in [1.54, 1.807) is 35.3 Å². The molecule has 3 N–H and O–H groups in total. The molecule has 0 fully saturated rings. The van der Waals surface area contributed by atoms with Gasteiger partial charge in [-0.25, -0.2) is 4.98 Å². The number of halogens is 2. The number of nitrogens with two attached hydrogens (primary N) is 1. The number of imidazole rings is 1. The molecule has 0 aliphatic rings. The van der Waals surface area contributed by atoms with Crippen molar-refractivity contribution in [1.29, 1.82) is 0 Å². The first-order valence-electron chi connectivity index (χ1n) is 6.03. The Hall–Kier alpha value is -2.05. The van der Waals surface area contributed by atoms with Crippen molar-refractivity contribution in [3.05, 3.63) is 58.0 Å². The SMILES string of the molecule is NC(=O)c1ccn2cncc2c1Nc1ccc(Br)cc1Cl. The fourth-order valence-electron chi connectivity index (χ4n) is 2.06. The number of nitrogens with one attached hydrogen (secondary N) is 1. The zero-order valence-electron chi connectivity index (χ0n) is 10.7. The van der Waals surface area contributed by atoms with Gasteiger partial charge in [0.2, 0.25) is 0 Å². The smallest absolute Gasteiger partial charge is 0.250 e. The average Bonchev–Trinajstić information content (AvgIpc) is 2.90. The van der Waals surface area contributed by atoms with Gasteiger partial charge in [0, 0.05) is 10.7 Å². The Kier molecular flexibility index (Phi) is 3.57. The van der Waals surface area contributed by atoms with Crippen LogP contribution in [0.15, 0.2) is 47.5 Å². The molecule has 0 aliphatic heterocycles. The molecule has 0 bridgehead atoms. The number of benzene rings is 1. The molecule has 0 radical (unpaired) electrons. The van der Waals surface area contributed by atoms with Crippen molar-refractivity contribution in [3.63, 3.8) is 0 Å². The largest absolute Gasteiger partial charge is 0.366 e. The number of pyridine rings is 1. The lowest BCUT2D eigenvalue weighted by Gasteiger charge is -2.13. The van der Waals surface area contributed by atoms with E-state index in [2.05, 4.69) is 26.2 Å². The van der Waals surface area contributed by atoms with Crippen molar-refractivity contribution in [1.82, 2.24) is 9.38 Å². The number of nitrogens with zero attached hydrogens (tertiary/aromatic N) is 2. The number of hydrogen-bond acceptors (Lipinski definition) is 3. The van der Waals surface area contributed by atoms with Crippen molar-refractivity contribution in [2.75, 3.05) is 5.32 Å². The van der Waals surface area contributed by atoms with Crippen LogP contribution in [0.2, 0.25) is 5.02 Å². The molecule has 0 spiro atoms. The Bertz CT molecular complexity index is 846. The van der Waals surface area contributed by atoms with Crippen LogP contribution in [0.5, 0.6) is 0 Å². The zero-order valence-corrected chi connectivity index (χ0v) is 13.0. The Balaban J connectivity index is 2.16. The summed E-state index contributed by atoms with van der Waals surface area (Å²) >= 11 is 9.56. The lowest BCUT2D eigenvalue weighted by Crippen LogP contribution is -2.14. The first-order valence-corrected chi connectivity index (χ1v) is 7.20. The number of hydrogen-bond donors (Lipinski definition) is 2. The fourth-order valence-corrected chi connectivity index (χ4v) is 2.78. The average molecular weight is 366 g/mol. The fraction of sp³-hybridized carbons (Fsp3) is 0. The van der Waals surface area contributed by atoms with E-state index in [0.717, 1.165) is 9.99 Å². The van der Waals surface area contributed by atoms with E-state index in [1.165, 1.54) is 0 Å². The van der Waals surface area contributed by atoms with Gasteiger partial charge in [-0.3, -0.25) is 4.79 Å². The summed E-state index contributed by atoms with van der Waals surface area (Å²) in [6, 6.07) is 7.09. The third-order valence-corrected chi connectivity index (χ3v) is 3.86. The van der Waals surface area contributed by atoms with Crippen LogP contribution in [-0.2, 0) is 0 Å². The molecule has 106 valence electrons. The topological polar surface area (TPSA) is 72.4 Å². The van der Waals surface area contributed by atoms with Crippen LogP contribution in [0.25, 0.3) is 5.52 Å². The number of aromatic nitrogens is 2. The first kappa shape index (κ1) is 13.9. The Morgan fingerprint density at radius 2 is 2.19 bits per heavy atom. The predicted molar refractivity (Wildman–Crippen MR) is 86.1 cm³/mol. The van der Waals surface area contributed by atoms with Gasteiger partial charge in [-0.2, -0.15) is 0 Å². The van der Waals surface area contributed by atoms with E-state index in [9.17, 15) is 4.79 Å². The third kappa shape index (κ3) is 2.59. The van der Waals surface area contributed by atoms with Crippen LogP contribution >= 0.6 is 27.5 Å². The van der Waals surface area contributed by atoms with Crippen LogP contribution in [0.3, 0.4) is 0 Å². The maximum absolute atomic E-state index is 11.6. The number of carbonyl (C=O) groups is 1. The van der Waals surface area contributed by atoms with Crippen LogP contribution < -0.4 is 11.1 Å². The summed E-state index contributed by atoms with van der Waals surface area (Å²) in [5.41, 5.74) is 7.81. The van der Waals surface area contributed by atoms with E-state index in [-0.39, 0.29) is 0 Å². The Labute approximate surface area is 133 Å². The van der Waals surface area contributed by atoms with Crippen molar-refractivity contribution in [3.8, 4) is 0 Å². The quantitative estimate of drug-likeness (QED) is 0.745. The zero-order chi connectivity index (χ0) is 15.0. The summed E-state index contributed by atoms with van der Waals surface area (Å²) in [5, 5.41) is 3.69. The lowest BCUT2D eigenvalue weighted by molar-refractivity contribution is 0.100. The summed E-state index contributed by atoms with van der Waals surface area (Å²) in [4.78, 5) is 15.7. The molecule has 3 aromatic rings. The molecule has 21 heavy (non-hydrogen) atoms. The number of rotatable bonds is 3. The van der Waals surface area contributed by atoms with Gasteiger partial charge in [-0.1, -0.05) is 27.5 Å². The summed E-state index contributed by atoms with van der Waals surface area (Å²) < 4.78 is 2.66. The molecule has 0 unspecified atom stereocenters. The number of anilines is 2. The summed E-state index contributed by atoms with van der Waals surface area (Å²) in [7, 11) is 0. The molecule has 2 heterocycles. The number of fused-ring (bicyclic) bond motifs is 1. The Morgan fingerprint density at radius 3 is 2.90 bits per heavy atom. The number of primary amides is 1. The minimum Gasteiger partial charge on any atom is -0.366 e. The highest BCUT2D eigenvalue weighted by molar-refractivity contribution is 9.10. The van der Waals surface area contributed by atoms with Crippen molar-refractivity contribution in [2.45, 2.75) is 0 Å². The van der Waals surface area contributed by atoms with Crippen LogP contribution in [0.4, 0.5) is 11.4 Å². The van der Waals surface area contributed by atoms with Gasteiger partial charge in [-0.05, 0) is 24.3 Å². The lowest BCUT2D eigenvalue weighted by atomic mass is 10.1. The minimum atomic E-state index is -0.519. The molecule has 1 amide bonds. The van der Waals surface area contributed by atoms with Gasteiger partial charge in [0.05, 0.1) is 40.0 Å². The van der Waals surface area contributed by atoms with E-state index in [4.69, 9.17) is 17.3 Å². The highest BCUT2D eigenvalue weighted by Gasteiger charge is 2.14. The minimum absolute atomic E-state index is 0.377. The third-order valence-electron chi connectivity index (χ3n) is 3.05. The second-order valence-electron chi connectivity index (χ2n) is 4.40. The molecule has 7 heteroatoms. The highest BCUT2D eigenvalue weighted by atomic mass is 79.9. The van der Waals surface area contributed by atoms with Crippen LogP contribution in [-0.4, -0.2) is 15.3 Å². The molecule has 3 rings (SSSR count). The standard InChI is InChI=1S/C14H10BrClN4O/c15-8-1-2-11(10(16)5-8)19-13-9(14(17)21)3-4-20-7-18-6-12(13)20/h1-7,19H,(H2,17,21). The maximum Gasteiger partial charge on any atom is 0.250 e. The van der Waals surface area contributed by atoms with Gasteiger partial charge in [0.1, 0.15) is 0 Å². The molecular formula is C14H10BrClN4O. The summed E-state index contributed by atoms with van der Waals surface area (Å²) in [6.45, 7) is 0. The van der Waals surface area contributed by atoms with E-state index in [0.29, 0.717) is 22.0 Å². The monoisotopic (exact) mass is 364 g/mol. The van der Waals surface area contributed by atoms with Gasteiger partial charge < -0.3 is 15.5 Å². The van der Waals surface area contributed by atoms with E-state index in [1.807, 2.05) is 12.1 Å². The molecule has 5 nitrogen and oxygen atoms in total. The van der Waals surface area contributed by atoms with Crippen LogP contribution in [0, 0.1) is 0 Å². The first-order chi connectivity index (χ1) is 10.1. The van der Waals surface area contributed by atoms with Crippen molar-refractivity contribution >= 4 is 50.3 Å². The number of amides is 1. The van der Waals surface area contributed by atoms with Crippen molar-refractivity contribution < 1.29 is 4.79 Å². The molecule has 0 aliphatic carbocycles. The molecule has 2 aromatic heterocycles. The Morgan fingerprint density at radius 1 is 1.38 bits per heavy atom. The van der Waals surface area contributed by atoms with Gasteiger partial charge >= 0.3 is 0 Å². The maximum atomic E-state index is 11.6. The van der Waals surface area contributed by atoms with E-state index < -0.39 is 5.91 Å². The van der Waals surface area contributed by atoms with E-state index >= 15 is 0 Å². The molecule has 1 aromatic carbocycles. The summed E-state index contributed by atoms with van der Waals surface area (Å²) in [6.07, 6.45) is 5.03. The second kappa shape index (κ2) is 5.38. The van der Waals surface area contributed by atoms with Gasteiger partial charge in [-0.15, -0.1) is 0 Å². The molecule has 0 atom stereocenters. The normalized spacial score (nSPS) is 10.8. The van der Waals surface area contributed by atoms with Gasteiger partial charge in [0.15, 0.2) is 0 Å². The van der Waals surface area contributed by atoms with Crippen LogP contribution in [0.1, 0.15) is 10.4 Å². The van der Waals surface area contributed by atoms with Gasteiger partial charge in [0.25, 0.3) is 5.91 Å². The second-order valence-corrected chi connectivity index (χ2v) is 5.73. The predicted octanol–water partition coefficient (Wildman–Crippen LogP) is 3.59. The molecule has 0 saturated heterocycles. The molecule has 0 saturated carbocycles. The molecular weight excluding hydrogens is 356 g/mol. The summed E-state index contributed by atoms with van der Waals surface area (Å²) in [5.74, 6) is -0.519.